The highest BCUT2D eigenvalue weighted by molar-refractivity contribution is 5.46. The zero-order valence-corrected chi connectivity index (χ0v) is 10.8. The summed E-state index contributed by atoms with van der Waals surface area (Å²) in [5.41, 5.74) is 4.63. The summed E-state index contributed by atoms with van der Waals surface area (Å²) in [6.45, 7) is 0.985. The summed E-state index contributed by atoms with van der Waals surface area (Å²) in [7, 11) is 0. The number of hydrogen-bond donors (Lipinski definition) is 1. The zero-order valence-electron chi connectivity index (χ0n) is 10.8. The van der Waals surface area contributed by atoms with Crippen molar-refractivity contribution in [3.05, 3.63) is 70.8 Å². The number of nitriles is 1. The van der Waals surface area contributed by atoms with Crippen molar-refractivity contribution < 1.29 is 0 Å². The van der Waals surface area contributed by atoms with Gasteiger partial charge < -0.3 is 5.32 Å². The molecule has 19 heavy (non-hydrogen) atoms. The van der Waals surface area contributed by atoms with Crippen molar-refractivity contribution in [2.24, 2.45) is 0 Å². The van der Waals surface area contributed by atoms with Crippen molar-refractivity contribution >= 4 is 0 Å². The summed E-state index contributed by atoms with van der Waals surface area (Å²) < 4.78 is 0. The first-order valence-corrected chi connectivity index (χ1v) is 6.67. The number of fused-ring (bicyclic) bond motifs is 1. The van der Waals surface area contributed by atoms with Gasteiger partial charge in [-0.15, -0.1) is 0 Å². The van der Waals surface area contributed by atoms with E-state index in [9.17, 15) is 5.26 Å². The van der Waals surface area contributed by atoms with Crippen molar-refractivity contribution in [1.82, 2.24) is 5.32 Å². The van der Waals surface area contributed by atoms with Crippen LogP contribution in [-0.4, -0.2) is 6.54 Å². The van der Waals surface area contributed by atoms with Gasteiger partial charge in [0.05, 0.1) is 11.6 Å². The predicted molar refractivity (Wildman–Crippen MR) is 75.8 cm³/mol. The molecule has 1 aliphatic rings. The van der Waals surface area contributed by atoms with Crippen molar-refractivity contribution in [3.63, 3.8) is 0 Å². The van der Waals surface area contributed by atoms with E-state index in [4.69, 9.17) is 0 Å². The van der Waals surface area contributed by atoms with Gasteiger partial charge in [0.2, 0.25) is 0 Å². The van der Waals surface area contributed by atoms with E-state index >= 15 is 0 Å². The maximum Gasteiger partial charge on any atom is 0.0995 e. The minimum Gasteiger partial charge on any atom is -0.309 e. The topological polar surface area (TPSA) is 35.8 Å². The smallest absolute Gasteiger partial charge is 0.0995 e. The van der Waals surface area contributed by atoms with E-state index in [-0.39, 0.29) is 6.04 Å². The molecule has 1 atom stereocenters. The van der Waals surface area contributed by atoms with E-state index in [0.29, 0.717) is 0 Å². The normalized spacial score (nSPS) is 17.5. The summed E-state index contributed by atoms with van der Waals surface area (Å²) >= 11 is 0. The Hall–Kier alpha value is -2.11. The third kappa shape index (κ3) is 2.38. The molecule has 3 rings (SSSR count). The average molecular weight is 248 g/mol. The molecule has 0 bridgehead atoms. The van der Waals surface area contributed by atoms with Crippen molar-refractivity contribution in [2.45, 2.75) is 18.9 Å². The van der Waals surface area contributed by atoms with Gasteiger partial charge >= 0.3 is 0 Å². The molecule has 1 unspecified atom stereocenters. The second kappa shape index (κ2) is 5.26. The van der Waals surface area contributed by atoms with E-state index in [1.165, 1.54) is 16.7 Å². The van der Waals surface area contributed by atoms with Gasteiger partial charge in [0.15, 0.2) is 0 Å². The Morgan fingerprint density at radius 3 is 2.74 bits per heavy atom. The highest BCUT2D eigenvalue weighted by Crippen LogP contribution is 2.28. The fraction of sp³-hybridized carbons (Fsp3) is 0.235. The van der Waals surface area contributed by atoms with Crippen LogP contribution in [0.5, 0.6) is 0 Å². The van der Waals surface area contributed by atoms with Gasteiger partial charge in [-0.05, 0) is 42.1 Å². The van der Waals surface area contributed by atoms with Crippen LogP contribution in [0.3, 0.4) is 0 Å². The van der Waals surface area contributed by atoms with Crippen LogP contribution in [0.4, 0.5) is 0 Å². The first-order valence-electron chi connectivity index (χ1n) is 6.67. The molecule has 94 valence electrons. The van der Waals surface area contributed by atoms with E-state index in [0.717, 1.165) is 24.9 Å². The van der Waals surface area contributed by atoms with Gasteiger partial charge in [-0.1, -0.05) is 42.5 Å². The molecule has 1 heterocycles. The summed E-state index contributed by atoms with van der Waals surface area (Å²) in [4.78, 5) is 0. The summed E-state index contributed by atoms with van der Waals surface area (Å²) in [5, 5.41) is 12.8. The summed E-state index contributed by atoms with van der Waals surface area (Å²) in [6.07, 6.45) is 1.95. The van der Waals surface area contributed by atoms with Crippen molar-refractivity contribution in [2.75, 3.05) is 6.54 Å². The second-order valence-corrected chi connectivity index (χ2v) is 4.94. The SMILES string of the molecule is N#Cc1cccc2c1C(Cc1ccccc1)NCC2. The van der Waals surface area contributed by atoms with Crippen molar-refractivity contribution in [3.8, 4) is 6.07 Å². The monoisotopic (exact) mass is 248 g/mol. The van der Waals surface area contributed by atoms with Gasteiger partial charge in [-0.25, -0.2) is 0 Å². The standard InChI is InChI=1S/C17H16N2/c18-12-15-8-4-7-14-9-10-19-16(17(14)15)11-13-5-2-1-3-6-13/h1-8,16,19H,9-11H2. The van der Waals surface area contributed by atoms with Crippen LogP contribution >= 0.6 is 0 Å². The van der Waals surface area contributed by atoms with Gasteiger partial charge in [-0.2, -0.15) is 5.26 Å². The first kappa shape index (κ1) is 12.0. The molecule has 0 amide bonds. The maximum absolute atomic E-state index is 9.30. The molecule has 0 radical (unpaired) electrons. The minimum atomic E-state index is 0.252. The minimum absolute atomic E-state index is 0.252. The van der Waals surface area contributed by atoms with E-state index < -0.39 is 0 Å². The Balaban J connectivity index is 1.96. The van der Waals surface area contributed by atoms with Crippen molar-refractivity contribution in [1.29, 1.82) is 5.26 Å². The Bertz CT molecular complexity index is 611. The number of nitrogens with zero attached hydrogens (tertiary/aromatic N) is 1. The van der Waals surface area contributed by atoms with E-state index in [2.05, 4.69) is 41.7 Å². The zero-order chi connectivity index (χ0) is 13.1. The van der Waals surface area contributed by atoms with Crippen LogP contribution < -0.4 is 5.32 Å². The molecule has 0 saturated heterocycles. The number of hydrogen-bond acceptors (Lipinski definition) is 2. The van der Waals surface area contributed by atoms with Gasteiger partial charge in [0, 0.05) is 6.04 Å². The molecule has 2 heteroatoms. The molecule has 1 aliphatic heterocycles. The fourth-order valence-corrected chi connectivity index (χ4v) is 2.85. The number of nitrogens with one attached hydrogen (secondary N) is 1. The molecule has 0 aromatic heterocycles. The largest absolute Gasteiger partial charge is 0.309 e. The Labute approximate surface area is 113 Å². The highest BCUT2D eigenvalue weighted by atomic mass is 14.9. The fourth-order valence-electron chi connectivity index (χ4n) is 2.85. The number of benzene rings is 2. The average Bonchev–Trinajstić information content (AvgIpc) is 2.48. The van der Waals surface area contributed by atoms with Crippen LogP contribution in [-0.2, 0) is 12.8 Å². The third-order valence-electron chi connectivity index (χ3n) is 3.73. The van der Waals surface area contributed by atoms with E-state index in [1.807, 2.05) is 18.2 Å². The molecular formula is C17H16N2. The van der Waals surface area contributed by atoms with Crippen LogP contribution in [0.25, 0.3) is 0 Å². The number of rotatable bonds is 2. The lowest BCUT2D eigenvalue weighted by Gasteiger charge is -2.28. The summed E-state index contributed by atoms with van der Waals surface area (Å²) in [5.74, 6) is 0. The molecule has 0 spiro atoms. The van der Waals surface area contributed by atoms with Crippen LogP contribution in [0.15, 0.2) is 48.5 Å². The second-order valence-electron chi connectivity index (χ2n) is 4.94. The maximum atomic E-state index is 9.30. The quantitative estimate of drug-likeness (QED) is 0.886. The molecular weight excluding hydrogens is 232 g/mol. The summed E-state index contributed by atoms with van der Waals surface area (Å²) in [6, 6.07) is 19.1. The Morgan fingerprint density at radius 2 is 1.95 bits per heavy atom. The molecule has 2 nitrogen and oxygen atoms in total. The predicted octanol–water partition coefficient (Wildman–Crippen LogP) is 2.99. The molecule has 2 aromatic rings. The Kier molecular flexibility index (Phi) is 3.31. The molecule has 0 aliphatic carbocycles. The van der Waals surface area contributed by atoms with Crippen LogP contribution in [0, 0.1) is 11.3 Å². The first-order chi connectivity index (χ1) is 9.38. The lowest BCUT2D eigenvalue weighted by atomic mass is 9.87. The highest BCUT2D eigenvalue weighted by Gasteiger charge is 2.22. The molecule has 0 fully saturated rings. The lowest BCUT2D eigenvalue weighted by molar-refractivity contribution is 0.501. The van der Waals surface area contributed by atoms with Crippen LogP contribution in [0.1, 0.15) is 28.3 Å². The van der Waals surface area contributed by atoms with E-state index in [1.54, 1.807) is 0 Å². The van der Waals surface area contributed by atoms with Crippen LogP contribution in [0.2, 0.25) is 0 Å². The Morgan fingerprint density at radius 1 is 1.11 bits per heavy atom. The third-order valence-corrected chi connectivity index (χ3v) is 3.73. The molecule has 0 saturated carbocycles. The molecule has 1 N–H and O–H groups in total. The van der Waals surface area contributed by atoms with Gasteiger partial charge in [-0.3, -0.25) is 0 Å². The van der Waals surface area contributed by atoms with Gasteiger partial charge in [0.25, 0.3) is 0 Å². The lowest BCUT2D eigenvalue weighted by Crippen LogP contribution is -2.32. The molecule has 2 aromatic carbocycles. The van der Waals surface area contributed by atoms with Gasteiger partial charge in [0.1, 0.15) is 0 Å².